The van der Waals surface area contributed by atoms with Crippen LogP contribution in [0.3, 0.4) is 0 Å². The Morgan fingerprint density at radius 3 is 1.90 bits per heavy atom. The summed E-state index contributed by atoms with van der Waals surface area (Å²) < 4.78 is 54.7. The topological polar surface area (TPSA) is 98.8 Å². The van der Waals surface area contributed by atoms with Gasteiger partial charge in [-0.25, -0.2) is 4.57 Å². The van der Waals surface area contributed by atoms with E-state index in [0.717, 1.165) is 24.0 Å². The number of carbonyl (C=O) groups excluding carboxylic acids is 1. The van der Waals surface area contributed by atoms with Crippen molar-refractivity contribution in [1.29, 1.82) is 0 Å². The summed E-state index contributed by atoms with van der Waals surface area (Å²) in [6.45, 7) is 6.27. The predicted octanol–water partition coefficient (Wildman–Crippen LogP) is 6.20. The summed E-state index contributed by atoms with van der Waals surface area (Å²) in [5.41, 5.74) is 1.90. The number of phosphoric acid groups is 1. The van der Waals surface area contributed by atoms with Gasteiger partial charge in [0, 0.05) is 6.92 Å². The van der Waals surface area contributed by atoms with Crippen molar-refractivity contribution in [2.75, 3.05) is 19.8 Å². The van der Waals surface area contributed by atoms with E-state index in [1.54, 1.807) is 0 Å². The van der Waals surface area contributed by atoms with Crippen molar-refractivity contribution in [2.45, 2.75) is 84.3 Å². The van der Waals surface area contributed by atoms with Gasteiger partial charge in [-0.3, -0.25) is 18.4 Å². The second kappa shape index (κ2) is 16.9. The molecule has 10 heteroatoms. The Bertz CT molecular complexity index is 990. The molecular formula is C29H41O9P. The molecule has 2 aromatic rings. The summed E-state index contributed by atoms with van der Waals surface area (Å²) in [6, 6.07) is 19.3. The van der Waals surface area contributed by atoms with Gasteiger partial charge < -0.3 is 18.9 Å². The van der Waals surface area contributed by atoms with Gasteiger partial charge in [-0.05, 0) is 24.0 Å². The maximum absolute atomic E-state index is 13.6. The molecule has 0 saturated carbocycles. The number of phosphoric ester groups is 1. The summed E-state index contributed by atoms with van der Waals surface area (Å²) in [6.07, 6.45) is -0.653. The molecule has 0 unspecified atom stereocenters. The Morgan fingerprint density at radius 1 is 0.846 bits per heavy atom. The van der Waals surface area contributed by atoms with Gasteiger partial charge in [0.1, 0.15) is 12.2 Å². The first-order chi connectivity index (χ1) is 18.9. The van der Waals surface area contributed by atoms with Crippen molar-refractivity contribution < 1.29 is 41.9 Å². The van der Waals surface area contributed by atoms with E-state index in [9.17, 15) is 9.36 Å². The summed E-state index contributed by atoms with van der Waals surface area (Å²) in [5.74, 6) is -0.567. The zero-order chi connectivity index (χ0) is 27.9. The molecule has 0 aliphatic carbocycles. The average Bonchev–Trinajstić information content (AvgIpc) is 2.93. The number of esters is 1. The largest absolute Gasteiger partial charge is 0.477 e. The molecule has 4 atom stereocenters. The molecule has 1 heterocycles. The summed E-state index contributed by atoms with van der Waals surface area (Å²) in [5, 5.41) is 0. The highest BCUT2D eigenvalue weighted by Gasteiger charge is 2.48. The lowest BCUT2D eigenvalue weighted by Crippen LogP contribution is -2.57. The third-order valence-corrected chi connectivity index (χ3v) is 7.47. The van der Waals surface area contributed by atoms with Crippen molar-refractivity contribution in [1.82, 2.24) is 0 Å². The van der Waals surface area contributed by atoms with Gasteiger partial charge in [0.05, 0.1) is 33.0 Å². The van der Waals surface area contributed by atoms with Crippen LogP contribution < -0.4 is 0 Å². The standard InChI is InChI=1S/C29H41O9P/c1-4-6-18-35-39(31,36-19-7-5-2)38-29-28(37-23(3)30)27(33-21-25-16-12-9-13-17-25)26(22-34-29)32-20-24-14-10-8-11-15-24/h8-17,26-29H,4-7,18-22H2,1-3H3/t26-,27+,28-,29+/m1/s1. The molecule has 0 aromatic heterocycles. The molecule has 1 saturated heterocycles. The van der Waals surface area contributed by atoms with Crippen LogP contribution >= 0.6 is 7.82 Å². The lowest BCUT2D eigenvalue weighted by molar-refractivity contribution is -0.274. The molecule has 0 spiro atoms. The molecule has 2 aromatic carbocycles. The number of ether oxygens (including phenoxy) is 4. The van der Waals surface area contributed by atoms with Crippen LogP contribution in [0.4, 0.5) is 0 Å². The summed E-state index contributed by atoms with van der Waals surface area (Å²) >= 11 is 0. The zero-order valence-corrected chi connectivity index (χ0v) is 24.0. The van der Waals surface area contributed by atoms with Gasteiger partial charge in [0.25, 0.3) is 0 Å². The number of rotatable bonds is 17. The SMILES string of the molecule is CCCCOP(=O)(OCCCC)O[C@@H]1OC[C@@H](OCc2ccccc2)[C@H](OCc2ccccc2)[C@H]1OC(C)=O. The van der Waals surface area contributed by atoms with Crippen molar-refractivity contribution in [2.24, 2.45) is 0 Å². The highest BCUT2D eigenvalue weighted by molar-refractivity contribution is 7.48. The van der Waals surface area contributed by atoms with E-state index in [-0.39, 0.29) is 26.4 Å². The van der Waals surface area contributed by atoms with Crippen LogP contribution in [0.2, 0.25) is 0 Å². The third-order valence-electron chi connectivity index (χ3n) is 6.01. The maximum atomic E-state index is 13.6. The molecule has 0 N–H and O–H groups in total. The van der Waals surface area contributed by atoms with Crippen LogP contribution in [0.1, 0.15) is 57.6 Å². The Labute approximate surface area is 231 Å². The predicted molar refractivity (Wildman–Crippen MR) is 146 cm³/mol. The van der Waals surface area contributed by atoms with E-state index < -0.39 is 38.4 Å². The molecule has 0 radical (unpaired) electrons. The average molecular weight is 565 g/mol. The third kappa shape index (κ3) is 10.8. The summed E-state index contributed by atoms with van der Waals surface area (Å²) in [7, 11) is -4.03. The number of carbonyl (C=O) groups is 1. The lowest BCUT2D eigenvalue weighted by atomic mass is 10.0. The molecule has 9 nitrogen and oxygen atoms in total. The van der Waals surface area contributed by atoms with E-state index in [2.05, 4.69) is 0 Å². The Kier molecular flexibility index (Phi) is 13.6. The molecule has 3 rings (SSSR count). The summed E-state index contributed by atoms with van der Waals surface area (Å²) in [4.78, 5) is 12.2. The quantitative estimate of drug-likeness (QED) is 0.126. The fourth-order valence-corrected chi connectivity index (χ4v) is 5.24. The maximum Gasteiger partial charge on any atom is 0.477 e. The normalized spacial score (nSPS) is 21.5. The first-order valence-electron chi connectivity index (χ1n) is 13.6. The molecule has 39 heavy (non-hydrogen) atoms. The van der Waals surface area contributed by atoms with E-state index in [4.69, 9.17) is 32.5 Å². The van der Waals surface area contributed by atoms with Crippen LogP contribution in [0.25, 0.3) is 0 Å². The first kappa shape index (κ1) is 31.4. The number of benzene rings is 2. The van der Waals surface area contributed by atoms with Gasteiger partial charge in [0.15, 0.2) is 6.10 Å². The van der Waals surface area contributed by atoms with Crippen LogP contribution in [0, 0.1) is 0 Å². The van der Waals surface area contributed by atoms with Gasteiger partial charge in [-0.1, -0.05) is 87.4 Å². The molecule has 1 aliphatic rings. The smallest absolute Gasteiger partial charge is 0.454 e. The van der Waals surface area contributed by atoms with Crippen molar-refractivity contribution in [3.63, 3.8) is 0 Å². The van der Waals surface area contributed by atoms with E-state index in [1.807, 2.05) is 74.5 Å². The fourth-order valence-electron chi connectivity index (χ4n) is 3.91. The van der Waals surface area contributed by atoms with Crippen LogP contribution in [-0.2, 0) is 55.1 Å². The van der Waals surface area contributed by atoms with E-state index >= 15 is 0 Å². The van der Waals surface area contributed by atoms with Gasteiger partial charge in [0.2, 0.25) is 6.29 Å². The van der Waals surface area contributed by atoms with Gasteiger partial charge in [-0.2, -0.15) is 0 Å². The highest BCUT2D eigenvalue weighted by atomic mass is 31.2. The van der Waals surface area contributed by atoms with Gasteiger partial charge in [-0.15, -0.1) is 0 Å². The minimum absolute atomic E-state index is 0.0542. The van der Waals surface area contributed by atoms with E-state index in [0.29, 0.717) is 19.4 Å². The van der Waals surface area contributed by atoms with Crippen molar-refractivity contribution >= 4 is 13.8 Å². The molecule has 1 fully saturated rings. The van der Waals surface area contributed by atoms with Crippen molar-refractivity contribution in [3.05, 3.63) is 71.8 Å². The van der Waals surface area contributed by atoms with Crippen LogP contribution in [-0.4, -0.2) is 50.4 Å². The minimum Gasteiger partial charge on any atom is -0.454 e. The monoisotopic (exact) mass is 564 g/mol. The fraction of sp³-hybridized carbons (Fsp3) is 0.552. The second-order valence-corrected chi connectivity index (χ2v) is 10.9. The molecular weight excluding hydrogens is 523 g/mol. The Hall–Kier alpha value is -2.10. The highest BCUT2D eigenvalue weighted by Crippen LogP contribution is 2.52. The first-order valence-corrected chi connectivity index (χ1v) is 15.1. The van der Waals surface area contributed by atoms with Crippen LogP contribution in [0.15, 0.2) is 60.7 Å². The number of hydrogen-bond donors (Lipinski definition) is 0. The van der Waals surface area contributed by atoms with Crippen molar-refractivity contribution in [3.8, 4) is 0 Å². The molecule has 0 bridgehead atoms. The van der Waals surface area contributed by atoms with E-state index in [1.165, 1.54) is 6.92 Å². The second-order valence-electron chi connectivity index (χ2n) is 9.30. The molecule has 1 aliphatic heterocycles. The molecule has 216 valence electrons. The zero-order valence-electron chi connectivity index (χ0n) is 23.1. The van der Waals surface area contributed by atoms with Crippen LogP contribution in [0.5, 0.6) is 0 Å². The number of hydrogen-bond acceptors (Lipinski definition) is 9. The molecule has 0 amide bonds. The minimum atomic E-state index is -4.03. The lowest BCUT2D eigenvalue weighted by Gasteiger charge is -2.41. The van der Waals surface area contributed by atoms with Gasteiger partial charge >= 0.3 is 13.8 Å². The Morgan fingerprint density at radius 2 is 1.38 bits per heavy atom. The number of unbranched alkanes of at least 4 members (excludes halogenated alkanes) is 2. The Balaban J connectivity index is 1.82.